The molecule has 0 aliphatic heterocycles. The first-order valence-corrected chi connectivity index (χ1v) is 3.40. The Morgan fingerprint density at radius 1 is 1.55 bits per heavy atom. The molecule has 0 saturated heterocycles. The maximum absolute atomic E-state index is 9.38. The Hall–Kier alpha value is -1.51. The number of imidazole rings is 1. The molecule has 2 aromatic heterocycles. The molecule has 3 nitrogen and oxygen atoms in total. The van der Waals surface area contributed by atoms with E-state index in [-0.39, 0.29) is 5.75 Å². The average Bonchev–Trinajstić information content (AvgIpc) is 2.34. The number of aryl methyl sites for hydroxylation is 1. The molecule has 0 aliphatic rings. The lowest BCUT2D eigenvalue weighted by Gasteiger charge is -1.95. The number of rotatable bonds is 0. The van der Waals surface area contributed by atoms with Crippen molar-refractivity contribution in [1.82, 2.24) is 9.38 Å². The summed E-state index contributed by atoms with van der Waals surface area (Å²) < 4.78 is 1.80. The van der Waals surface area contributed by atoms with Crippen molar-refractivity contribution < 1.29 is 5.11 Å². The molecule has 0 unspecified atom stereocenters. The summed E-state index contributed by atoms with van der Waals surface area (Å²) in [5.74, 6) is 0.280. The summed E-state index contributed by atoms with van der Waals surface area (Å²) in [6, 6.07) is 3.44. The molecule has 0 aromatic carbocycles. The molecule has 1 N–H and O–H groups in total. The van der Waals surface area contributed by atoms with Crippen molar-refractivity contribution in [3.63, 3.8) is 0 Å². The van der Waals surface area contributed by atoms with Gasteiger partial charge in [0.05, 0.1) is 12.0 Å². The lowest BCUT2D eigenvalue weighted by molar-refractivity contribution is 0.479. The SMILES string of the molecule is Cc1ncn2cccc(O)c12. The van der Waals surface area contributed by atoms with Crippen LogP contribution in [0.2, 0.25) is 0 Å². The van der Waals surface area contributed by atoms with Gasteiger partial charge < -0.3 is 9.51 Å². The molecule has 0 aliphatic carbocycles. The Labute approximate surface area is 63.9 Å². The fourth-order valence-electron chi connectivity index (χ4n) is 1.19. The molecule has 11 heavy (non-hydrogen) atoms. The van der Waals surface area contributed by atoms with E-state index in [0.29, 0.717) is 0 Å². The molecule has 0 saturated carbocycles. The minimum absolute atomic E-state index is 0.280. The molecule has 0 atom stereocenters. The molecule has 0 spiro atoms. The number of hydrogen-bond acceptors (Lipinski definition) is 2. The van der Waals surface area contributed by atoms with Crippen molar-refractivity contribution in [2.75, 3.05) is 0 Å². The number of aromatic nitrogens is 2. The highest BCUT2D eigenvalue weighted by atomic mass is 16.3. The molecular weight excluding hydrogens is 140 g/mol. The van der Waals surface area contributed by atoms with E-state index in [1.54, 1.807) is 22.9 Å². The largest absolute Gasteiger partial charge is 0.506 e. The normalized spacial score (nSPS) is 10.6. The number of hydrogen-bond donors (Lipinski definition) is 1. The first kappa shape index (κ1) is 6.22. The third kappa shape index (κ3) is 0.774. The van der Waals surface area contributed by atoms with Gasteiger partial charge in [0.2, 0.25) is 0 Å². The van der Waals surface area contributed by atoms with Crippen LogP contribution in [0.25, 0.3) is 5.52 Å². The zero-order chi connectivity index (χ0) is 7.84. The zero-order valence-electron chi connectivity index (χ0n) is 6.15. The maximum Gasteiger partial charge on any atom is 0.141 e. The summed E-state index contributed by atoms with van der Waals surface area (Å²) in [5.41, 5.74) is 1.63. The van der Waals surface area contributed by atoms with Crippen LogP contribution in [0.3, 0.4) is 0 Å². The van der Waals surface area contributed by atoms with Gasteiger partial charge in [-0.2, -0.15) is 0 Å². The Morgan fingerprint density at radius 2 is 2.36 bits per heavy atom. The Kier molecular flexibility index (Phi) is 1.12. The van der Waals surface area contributed by atoms with Gasteiger partial charge in [0, 0.05) is 6.20 Å². The molecular formula is C8H8N2O. The fraction of sp³-hybridized carbons (Fsp3) is 0.125. The van der Waals surface area contributed by atoms with E-state index in [1.165, 1.54) is 0 Å². The molecule has 0 amide bonds. The summed E-state index contributed by atoms with van der Waals surface area (Å²) in [4.78, 5) is 4.06. The topological polar surface area (TPSA) is 37.5 Å². The average molecular weight is 148 g/mol. The van der Waals surface area contributed by atoms with E-state index in [0.717, 1.165) is 11.2 Å². The van der Waals surface area contributed by atoms with Gasteiger partial charge in [-0.05, 0) is 19.1 Å². The van der Waals surface area contributed by atoms with Gasteiger partial charge >= 0.3 is 0 Å². The van der Waals surface area contributed by atoms with Gasteiger partial charge in [-0.1, -0.05) is 0 Å². The monoisotopic (exact) mass is 148 g/mol. The van der Waals surface area contributed by atoms with Crippen LogP contribution in [-0.2, 0) is 0 Å². The second-order valence-corrected chi connectivity index (χ2v) is 2.48. The van der Waals surface area contributed by atoms with E-state index < -0.39 is 0 Å². The van der Waals surface area contributed by atoms with Crippen LogP contribution in [0.5, 0.6) is 5.75 Å². The van der Waals surface area contributed by atoms with Gasteiger partial charge in [0.1, 0.15) is 11.3 Å². The van der Waals surface area contributed by atoms with Gasteiger partial charge in [0.15, 0.2) is 0 Å². The third-order valence-corrected chi connectivity index (χ3v) is 1.72. The Bertz CT molecular complexity index is 392. The van der Waals surface area contributed by atoms with E-state index in [9.17, 15) is 5.11 Å². The van der Waals surface area contributed by atoms with Crippen molar-refractivity contribution in [2.45, 2.75) is 6.92 Å². The van der Waals surface area contributed by atoms with E-state index in [4.69, 9.17) is 0 Å². The second-order valence-electron chi connectivity index (χ2n) is 2.48. The van der Waals surface area contributed by atoms with Crippen molar-refractivity contribution in [3.8, 4) is 5.75 Å². The molecule has 0 radical (unpaired) electrons. The van der Waals surface area contributed by atoms with Crippen molar-refractivity contribution in [1.29, 1.82) is 0 Å². The molecule has 2 heterocycles. The fourth-order valence-corrected chi connectivity index (χ4v) is 1.19. The van der Waals surface area contributed by atoms with Crippen molar-refractivity contribution >= 4 is 5.52 Å². The van der Waals surface area contributed by atoms with Crippen LogP contribution in [0, 0.1) is 6.92 Å². The second kappa shape index (κ2) is 1.99. The molecule has 56 valence electrons. The number of fused-ring (bicyclic) bond motifs is 1. The summed E-state index contributed by atoms with van der Waals surface area (Å²) in [6.45, 7) is 1.87. The standard InChI is InChI=1S/C8H8N2O/c1-6-8-7(11)3-2-4-10(8)5-9-6/h2-5,11H,1H3. The Balaban J connectivity index is 2.96. The summed E-state index contributed by atoms with van der Waals surface area (Å²) in [6.07, 6.45) is 3.54. The van der Waals surface area contributed by atoms with Gasteiger partial charge in [-0.3, -0.25) is 0 Å². The third-order valence-electron chi connectivity index (χ3n) is 1.72. The van der Waals surface area contributed by atoms with Crippen molar-refractivity contribution in [2.24, 2.45) is 0 Å². The highest BCUT2D eigenvalue weighted by molar-refractivity contribution is 5.62. The van der Waals surface area contributed by atoms with Crippen molar-refractivity contribution in [3.05, 3.63) is 30.4 Å². The molecule has 3 heteroatoms. The maximum atomic E-state index is 9.38. The van der Waals surface area contributed by atoms with Gasteiger partial charge in [-0.15, -0.1) is 0 Å². The first-order chi connectivity index (χ1) is 5.29. The zero-order valence-corrected chi connectivity index (χ0v) is 6.15. The minimum atomic E-state index is 0.280. The van der Waals surface area contributed by atoms with Gasteiger partial charge in [0.25, 0.3) is 0 Å². The number of pyridine rings is 1. The molecule has 2 rings (SSSR count). The summed E-state index contributed by atoms with van der Waals surface area (Å²) in [7, 11) is 0. The van der Waals surface area contributed by atoms with Crippen LogP contribution in [0.4, 0.5) is 0 Å². The number of aromatic hydroxyl groups is 1. The highest BCUT2D eigenvalue weighted by Gasteiger charge is 2.02. The van der Waals surface area contributed by atoms with Gasteiger partial charge in [-0.25, -0.2) is 4.98 Å². The van der Waals surface area contributed by atoms with E-state index in [1.807, 2.05) is 13.1 Å². The summed E-state index contributed by atoms with van der Waals surface area (Å²) in [5, 5.41) is 9.38. The van der Waals surface area contributed by atoms with Crippen LogP contribution in [0.15, 0.2) is 24.7 Å². The lowest BCUT2D eigenvalue weighted by Crippen LogP contribution is -1.80. The molecule has 0 bridgehead atoms. The predicted molar refractivity (Wildman–Crippen MR) is 41.6 cm³/mol. The lowest BCUT2D eigenvalue weighted by atomic mass is 10.3. The van der Waals surface area contributed by atoms with E-state index in [2.05, 4.69) is 4.98 Å². The smallest absolute Gasteiger partial charge is 0.141 e. The Morgan fingerprint density at radius 3 is 3.09 bits per heavy atom. The number of nitrogens with zero attached hydrogens (tertiary/aromatic N) is 2. The minimum Gasteiger partial charge on any atom is -0.506 e. The van der Waals surface area contributed by atoms with Crippen LogP contribution in [-0.4, -0.2) is 14.5 Å². The summed E-state index contributed by atoms with van der Waals surface area (Å²) >= 11 is 0. The highest BCUT2D eigenvalue weighted by Crippen LogP contribution is 2.19. The van der Waals surface area contributed by atoms with E-state index >= 15 is 0 Å². The first-order valence-electron chi connectivity index (χ1n) is 3.40. The molecule has 0 fully saturated rings. The van der Waals surface area contributed by atoms with Crippen LogP contribution >= 0.6 is 0 Å². The quantitative estimate of drug-likeness (QED) is 0.612. The van der Waals surface area contributed by atoms with Crippen LogP contribution in [0.1, 0.15) is 5.69 Å². The predicted octanol–water partition coefficient (Wildman–Crippen LogP) is 1.35. The van der Waals surface area contributed by atoms with Crippen LogP contribution < -0.4 is 0 Å². The molecule has 2 aromatic rings.